The van der Waals surface area contributed by atoms with Gasteiger partial charge in [0.05, 0.1) is 5.69 Å². The second-order valence-electron chi connectivity index (χ2n) is 4.90. The van der Waals surface area contributed by atoms with E-state index in [2.05, 4.69) is 31.5 Å². The highest BCUT2D eigenvalue weighted by atomic mass is 79.9. The molecule has 0 saturated heterocycles. The van der Waals surface area contributed by atoms with E-state index in [1.165, 1.54) is 0 Å². The fraction of sp³-hybridized carbons (Fsp3) is 0.133. The molecule has 0 bridgehead atoms. The summed E-state index contributed by atoms with van der Waals surface area (Å²) in [6.07, 6.45) is 0. The highest BCUT2D eigenvalue weighted by Crippen LogP contribution is 2.29. The largest absolute Gasteiger partial charge is 0.399 e. The molecule has 0 aliphatic rings. The Bertz CT molecular complexity index is 793. The number of nitrogens with two attached hydrogens (primary N) is 1. The minimum Gasteiger partial charge on any atom is -0.399 e. The molecule has 0 fully saturated rings. The number of tetrazole rings is 1. The molecule has 3 rings (SSSR count). The van der Waals surface area contributed by atoms with Crippen LogP contribution in [0.15, 0.2) is 40.9 Å². The van der Waals surface area contributed by atoms with Crippen molar-refractivity contribution < 1.29 is 0 Å². The fourth-order valence-electron chi connectivity index (χ4n) is 2.19. The van der Waals surface area contributed by atoms with E-state index in [4.69, 9.17) is 5.73 Å². The third kappa shape index (κ3) is 2.42. The summed E-state index contributed by atoms with van der Waals surface area (Å²) in [5, 5.41) is 12.1. The number of hydrogen-bond acceptors (Lipinski definition) is 4. The van der Waals surface area contributed by atoms with E-state index in [0.29, 0.717) is 11.5 Å². The number of anilines is 1. The van der Waals surface area contributed by atoms with Gasteiger partial charge in [0, 0.05) is 15.7 Å². The Hall–Kier alpha value is -2.21. The molecule has 21 heavy (non-hydrogen) atoms. The van der Waals surface area contributed by atoms with E-state index in [9.17, 15) is 0 Å². The fourth-order valence-corrected chi connectivity index (χ4v) is 2.63. The average molecular weight is 344 g/mol. The predicted molar refractivity (Wildman–Crippen MR) is 86.2 cm³/mol. The lowest BCUT2D eigenvalue weighted by atomic mass is 10.1. The maximum atomic E-state index is 5.89. The first-order chi connectivity index (χ1) is 10.1. The highest BCUT2D eigenvalue weighted by Gasteiger charge is 2.15. The van der Waals surface area contributed by atoms with E-state index < -0.39 is 0 Å². The molecule has 2 aromatic carbocycles. The Balaban J connectivity index is 2.22. The second-order valence-corrected chi connectivity index (χ2v) is 5.69. The first-order valence-electron chi connectivity index (χ1n) is 6.48. The van der Waals surface area contributed by atoms with Crippen molar-refractivity contribution in [1.82, 2.24) is 20.2 Å². The molecule has 0 radical (unpaired) electrons. The summed E-state index contributed by atoms with van der Waals surface area (Å²) >= 11 is 3.60. The molecule has 0 saturated carbocycles. The molecular formula is C15H14BrN5. The molecule has 0 amide bonds. The Morgan fingerprint density at radius 2 is 1.90 bits per heavy atom. The van der Waals surface area contributed by atoms with Crippen LogP contribution in [0.1, 0.15) is 11.1 Å². The topological polar surface area (TPSA) is 69.6 Å². The Labute approximate surface area is 130 Å². The van der Waals surface area contributed by atoms with E-state index in [1.54, 1.807) is 4.68 Å². The van der Waals surface area contributed by atoms with Gasteiger partial charge in [-0.2, -0.15) is 4.68 Å². The van der Waals surface area contributed by atoms with Crippen LogP contribution >= 0.6 is 15.9 Å². The molecule has 0 atom stereocenters. The lowest BCUT2D eigenvalue weighted by Crippen LogP contribution is -2.03. The van der Waals surface area contributed by atoms with Crippen molar-refractivity contribution in [3.63, 3.8) is 0 Å². The van der Waals surface area contributed by atoms with Crippen molar-refractivity contribution in [2.75, 3.05) is 5.73 Å². The van der Waals surface area contributed by atoms with Crippen LogP contribution in [0.5, 0.6) is 0 Å². The van der Waals surface area contributed by atoms with Crippen LogP contribution in [0, 0.1) is 13.8 Å². The lowest BCUT2D eigenvalue weighted by molar-refractivity contribution is 0.788. The quantitative estimate of drug-likeness (QED) is 0.725. The Kier molecular flexibility index (Phi) is 3.47. The van der Waals surface area contributed by atoms with Crippen molar-refractivity contribution in [1.29, 1.82) is 0 Å². The van der Waals surface area contributed by atoms with Crippen molar-refractivity contribution in [2.24, 2.45) is 0 Å². The smallest absolute Gasteiger partial charge is 0.187 e. The standard InChI is InChI=1S/C15H14BrN5/c1-9-6-7-11(17)8-12(9)15-18-19-20-21(15)13-5-3-4-10(2)14(13)16/h3-8H,17H2,1-2H3. The van der Waals surface area contributed by atoms with Gasteiger partial charge < -0.3 is 5.73 Å². The van der Waals surface area contributed by atoms with E-state index >= 15 is 0 Å². The SMILES string of the molecule is Cc1ccc(N)cc1-c1nnnn1-c1cccc(C)c1Br. The van der Waals surface area contributed by atoms with Gasteiger partial charge in [-0.1, -0.05) is 18.2 Å². The van der Waals surface area contributed by atoms with Gasteiger partial charge in [0.15, 0.2) is 5.82 Å². The first kappa shape index (κ1) is 13.8. The molecular weight excluding hydrogens is 330 g/mol. The number of nitrogens with zero attached hydrogens (tertiary/aromatic N) is 4. The van der Waals surface area contributed by atoms with Gasteiger partial charge in [-0.15, -0.1) is 5.10 Å². The van der Waals surface area contributed by atoms with E-state index in [1.807, 2.05) is 50.2 Å². The maximum absolute atomic E-state index is 5.89. The number of aromatic nitrogens is 4. The minimum atomic E-state index is 0.672. The molecule has 6 heteroatoms. The molecule has 1 heterocycles. The molecule has 0 spiro atoms. The zero-order valence-corrected chi connectivity index (χ0v) is 13.3. The average Bonchev–Trinajstić information content (AvgIpc) is 2.93. The van der Waals surface area contributed by atoms with Crippen LogP contribution in [0.3, 0.4) is 0 Å². The number of aryl methyl sites for hydroxylation is 2. The molecule has 3 aromatic rings. The van der Waals surface area contributed by atoms with Crippen molar-refractivity contribution >= 4 is 21.6 Å². The maximum Gasteiger partial charge on any atom is 0.187 e. The van der Waals surface area contributed by atoms with Crippen molar-refractivity contribution in [2.45, 2.75) is 13.8 Å². The second kappa shape index (κ2) is 5.29. The van der Waals surface area contributed by atoms with Crippen LogP contribution in [-0.2, 0) is 0 Å². The lowest BCUT2D eigenvalue weighted by Gasteiger charge is -2.10. The molecule has 1 aromatic heterocycles. The number of halogens is 1. The monoisotopic (exact) mass is 343 g/mol. The van der Waals surface area contributed by atoms with Gasteiger partial charge in [0.2, 0.25) is 0 Å². The van der Waals surface area contributed by atoms with Gasteiger partial charge in [0.1, 0.15) is 0 Å². The van der Waals surface area contributed by atoms with Crippen LogP contribution in [0.2, 0.25) is 0 Å². The van der Waals surface area contributed by atoms with Gasteiger partial charge >= 0.3 is 0 Å². The van der Waals surface area contributed by atoms with Crippen molar-refractivity contribution in [3.05, 3.63) is 52.0 Å². The Morgan fingerprint density at radius 1 is 1.10 bits per heavy atom. The highest BCUT2D eigenvalue weighted by molar-refractivity contribution is 9.10. The minimum absolute atomic E-state index is 0.672. The predicted octanol–water partition coefficient (Wildman–Crippen LogP) is 3.29. The zero-order chi connectivity index (χ0) is 15.0. The van der Waals surface area contributed by atoms with Crippen LogP contribution in [0.4, 0.5) is 5.69 Å². The summed E-state index contributed by atoms with van der Waals surface area (Å²) in [5.74, 6) is 0.672. The zero-order valence-electron chi connectivity index (χ0n) is 11.7. The third-order valence-corrected chi connectivity index (χ3v) is 4.40. The summed E-state index contributed by atoms with van der Waals surface area (Å²) in [6.45, 7) is 4.04. The normalized spacial score (nSPS) is 10.8. The van der Waals surface area contributed by atoms with E-state index in [-0.39, 0.29) is 0 Å². The number of benzene rings is 2. The van der Waals surface area contributed by atoms with Crippen LogP contribution < -0.4 is 5.73 Å². The molecule has 0 unspecified atom stereocenters. The Morgan fingerprint density at radius 3 is 2.71 bits per heavy atom. The summed E-state index contributed by atoms with van der Waals surface area (Å²) in [7, 11) is 0. The first-order valence-corrected chi connectivity index (χ1v) is 7.27. The van der Waals surface area contributed by atoms with E-state index in [0.717, 1.165) is 26.9 Å². The summed E-state index contributed by atoms with van der Waals surface area (Å²) in [5.41, 5.74) is 10.6. The van der Waals surface area contributed by atoms with Gasteiger partial charge in [-0.25, -0.2) is 0 Å². The van der Waals surface area contributed by atoms with Crippen LogP contribution in [-0.4, -0.2) is 20.2 Å². The van der Waals surface area contributed by atoms with Crippen LogP contribution in [0.25, 0.3) is 17.1 Å². The number of nitrogen functional groups attached to an aromatic ring is 1. The number of rotatable bonds is 2. The molecule has 0 aliphatic carbocycles. The number of hydrogen-bond donors (Lipinski definition) is 1. The molecule has 106 valence electrons. The third-order valence-electron chi connectivity index (χ3n) is 3.37. The summed E-state index contributed by atoms with van der Waals surface area (Å²) < 4.78 is 2.69. The molecule has 5 nitrogen and oxygen atoms in total. The van der Waals surface area contributed by atoms with Gasteiger partial charge in [0.25, 0.3) is 0 Å². The van der Waals surface area contributed by atoms with Gasteiger partial charge in [-0.3, -0.25) is 0 Å². The van der Waals surface area contributed by atoms with Gasteiger partial charge in [-0.05, 0) is 69.5 Å². The summed E-state index contributed by atoms with van der Waals surface area (Å²) in [4.78, 5) is 0. The molecule has 2 N–H and O–H groups in total. The molecule has 0 aliphatic heterocycles. The summed E-state index contributed by atoms with van der Waals surface area (Å²) in [6, 6.07) is 11.7. The van der Waals surface area contributed by atoms with Crippen molar-refractivity contribution in [3.8, 4) is 17.1 Å².